The molecule has 2 atom stereocenters. The number of amides is 1. The Labute approximate surface area is 184 Å². The minimum absolute atomic E-state index is 0.222. The third-order valence-electron chi connectivity index (χ3n) is 5.20. The first-order valence-corrected chi connectivity index (χ1v) is 10.2. The number of carboxylic acids is 1. The number of carbonyl (C=O) groups is 3. The number of ketones is 1. The van der Waals surface area contributed by atoms with Gasteiger partial charge in [0.1, 0.15) is 16.8 Å². The summed E-state index contributed by atoms with van der Waals surface area (Å²) in [6, 6.07) is 10.9. The van der Waals surface area contributed by atoms with Crippen LogP contribution in [-0.4, -0.2) is 52.0 Å². The van der Waals surface area contributed by atoms with E-state index in [4.69, 9.17) is 4.74 Å². The zero-order chi connectivity index (χ0) is 23.2. The number of rotatable bonds is 5. The van der Waals surface area contributed by atoms with Crippen LogP contribution in [0.2, 0.25) is 0 Å². The number of ether oxygens (including phenoxy) is 1. The summed E-state index contributed by atoms with van der Waals surface area (Å²) in [6.07, 6.45) is 0. The smallest absolute Gasteiger partial charge is 0.321 e. The van der Waals surface area contributed by atoms with Crippen molar-refractivity contribution in [2.24, 2.45) is 0 Å². The second kappa shape index (κ2) is 8.08. The summed E-state index contributed by atoms with van der Waals surface area (Å²) in [5, 5.41) is 17.5. The molecule has 0 fully saturated rings. The molecule has 0 saturated heterocycles. The highest BCUT2D eigenvalue weighted by molar-refractivity contribution is 8.01. The van der Waals surface area contributed by atoms with Gasteiger partial charge in [0.2, 0.25) is 0 Å². The average Bonchev–Trinajstić information content (AvgIpc) is 3.19. The molecule has 164 valence electrons. The molecule has 4 rings (SSSR count). The molecule has 32 heavy (non-hydrogen) atoms. The number of hydrogen-bond acceptors (Lipinski definition) is 7. The van der Waals surface area contributed by atoms with Gasteiger partial charge >= 0.3 is 5.97 Å². The highest BCUT2D eigenvalue weighted by atomic mass is 32.2. The number of anilines is 1. The van der Waals surface area contributed by atoms with Gasteiger partial charge in [0.05, 0.1) is 30.5 Å². The third-order valence-corrected chi connectivity index (χ3v) is 6.57. The first-order chi connectivity index (χ1) is 15.2. The summed E-state index contributed by atoms with van der Waals surface area (Å²) in [5.74, 6) is -3.43. The molecule has 9 nitrogen and oxygen atoms in total. The van der Waals surface area contributed by atoms with E-state index in [1.54, 1.807) is 30.3 Å². The van der Waals surface area contributed by atoms with E-state index in [1.165, 1.54) is 19.2 Å². The minimum Gasteiger partial charge on any atom is -0.497 e. The molecule has 0 radical (unpaired) electrons. The normalized spacial score (nSPS) is 20.4. The predicted molar refractivity (Wildman–Crippen MR) is 113 cm³/mol. The average molecular weight is 458 g/mol. The van der Waals surface area contributed by atoms with Crippen molar-refractivity contribution in [3.63, 3.8) is 0 Å². The standard InChI is InChI=1S/C21H15FN2O7S/c1-31-12-4-2-3-10(7-12)11-5-6-14(13(22)8-11)23-9-15(25)16-17(19(23)26)18(21(27)28)32-20(16)24(29)30/h2-8,18,20H,9H2,1H3,(H,27,28). The molecule has 1 amide bonds. The van der Waals surface area contributed by atoms with Gasteiger partial charge in [-0.1, -0.05) is 30.0 Å². The molecule has 0 bridgehead atoms. The van der Waals surface area contributed by atoms with Crippen molar-refractivity contribution in [2.45, 2.75) is 10.6 Å². The summed E-state index contributed by atoms with van der Waals surface area (Å²) in [6.45, 7) is -0.621. The molecule has 0 saturated carbocycles. The summed E-state index contributed by atoms with van der Waals surface area (Å²) in [7, 11) is 1.50. The summed E-state index contributed by atoms with van der Waals surface area (Å²) < 4.78 is 20.2. The number of carbonyl (C=O) groups excluding carboxylic acids is 2. The summed E-state index contributed by atoms with van der Waals surface area (Å²) in [4.78, 5) is 48.7. The van der Waals surface area contributed by atoms with E-state index in [-0.39, 0.29) is 5.69 Å². The number of hydrogen-bond donors (Lipinski definition) is 1. The van der Waals surface area contributed by atoms with E-state index in [9.17, 15) is 29.6 Å². The maximum absolute atomic E-state index is 15.0. The van der Waals surface area contributed by atoms with Crippen molar-refractivity contribution < 1.29 is 33.5 Å². The number of thioether (sulfide) groups is 1. The molecule has 0 aromatic heterocycles. The number of halogens is 1. The molecule has 2 aromatic rings. The van der Waals surface area contributed by atoms with Gasteiger partial charge in [-0.05, 0) is 35.4 Å². The number of nitrogens with zero attached hydrogens (tertiary/aromatic N) is 2. The Morgan fingerprint density at radius 2 is 1.94 bits per heavy atom. The number of benzene rings is 2. The fraction of sp³-hybridized carbons (Fsp3) is 0.190. The lowest BCUT2D eigenvalue weighted by Gasteiger charge is -2.28. The van der Waals surface area contributed by atoms with Crippen LogP contribution in [0, 0.1) is 15.9 Å². The highest BCUT2D eigenvalue weighted by Gasteiger charge is 2.54. The second-order valence-corrected chi connectivity index (χ2v) is 8.22. The molecule has 2 unspecified atom stereocenters. The minimum atomic E-state index is -1.65. The fourth-order valence-electron chi connectivity index (χ4n) is 3.74. The number of aliphatic carboxylic acids is 1. The SMILES string of the molecule is COc1cccc(-c2ccc(N3CC(=O)C4=C(C3=O)C(C(=O)O)SC4[N+](=O)[O-])c(F)c2)c1. The molecular weight excluding hydrogens is 443 g/mol. The van der Waals surface area contributed by atoms with Gasteiger partial charge in [0, 0.05) is 4.92 Å². The summed E-state index contributed by atoms with van der Waals surface area (Å²) in [5.41, 5.74) is 0.0286. The van der Waals surface area contributed by atoms with Crippen molar-refractivity contribution in [3.8, 4) is 16.9 Å². The quantitative estimate of drug-likeness (QED) is 0.535. The molecule has 2 aliphatic heterocycles. The van der Waals surface area contributed by atoms with Gasteiger partial charge in [-0.25, -0.2) is 4.39 Å². The van der Waals surface area contributed by atoms with E-state index in [2.05, 4.69) is 0 Å². The van der Waals surface area contributed by atoms with Crippen LogP contribution in [0.3, 0.4) is 0 Å². The third kappa shape index (κ3) is 3.50. The van der Waals surface area contributed by atoms with Gasteiger partial charge in [-0.3, -0.25) is 29.4 Å². The van der Waals surface area contributed by atoms with E-state index in [1.807, 2.05) is 0 Å². The van der Waals surface area contributed by atoms with Gasteiger partial charge < -0.3 is 9.84 Å². The van der Waals surface area contributed by atoms with Crippen molar-refractivity contribution in [1.29, 1.82) is 0 Å². The van der Waals surface area contributed by atoms with Crippen LogP contribution in [0.5, 0.6) is 5.75 Å². The van der Waals surface area contributed by atoms with Crippen molar-refractivity contribution >= 4 is 35.1 Å². The molecule has 0 spiro atoms. The van der Waals surface area contributed by atoms with Crippen LogP contribution >= 0.6 is 11.8 Å². The van der Waals surface area contributed by atoms with Crippen LogP contribution in [0.4, 0.5) is 10.1 Å². The largest absolute Gasteiger partial charge is 0.497 e. The Hall–Kier alpha value is -3.73. The maximum Gasteiger partial charge on any atom is 0.321 e. The Balaban J connectivity index is 1.73. The predicted octanol–water partition coefficient (Wildman–Crippen LogP) is 2.52. The number of carboxylic acid groups (broad SMARTS) is 1. The van der Waals surface area contributed by atoms with Crippen molar-refractivity contribution in [2.75, 3.05) is 18.6 Å². The van der Waals surface area contributed by atoms with Crippen molar-refractivity contribution in [3.05, 3.63) is 69.5 Å². The van der Waals surface area contributed by atoms with Crippen LogP contribution < -0.4 is 9.64 Å². The summed E-state index contributed by atoms with van der Waals surface area (Å²) >= 11 is 0.398. The Bertz CT molecular complexity index is 1210. The molecule has 2 heterocycles. The number of methoxy groups -OCH3 is 1. The monoisotopic (exact) mass is 458 g/mol. The van der Waals surface area contributed by atoms with E-state index in [0.29, 0.717) is 28.6 Å². The Morgan fingerprint density at radius 1 is 1.22 bits per heavy atom. The zero-order valence-corrected chi connectivity index (χ0v) is 17.3. The molecule has 2 aliphatic rings. The van der Waals surface area contributed by atoms with Gasteiger partial charge in [-0.15, -0.1) is 0 Å². The second-order valence-electron chi connectivity index (χ2n) is 7.03. The highest BCUT2D eigenvalue weighted by Crippen LogP contribution is 2.43. The number of Topliss-reactive ketones (excluding diaryl/α,β-unsaturated/α-hetero) is 1. The van der Waals surface area contributed by atoms with Crippen LogP contribution in [0.15, 0.2) is 53.6 Å². The first-order valence-electron chi connectivity index (χ1n) is 9.27. The van der Waals surface area contributed by atoms with Crippen LogP contribution in [-0.2, 0) is 14.4 Å². The first kappa shape index (κ1) is 21.5. The maximum atomic E-state index is 15.0. The lowest BCUT2D eigenvalue weighted by Crippen LogP contribution is -2.45. The molecule has 1 N–H and O–H groups in total. The van der Waals surface area contributed by atoms with E-state index in [0.717, 1.165) is 4.90 Å². The Morgan fingerprint density at radius 3 is 2.56 bits per heavy atom. The molecule has 2 aromatic carbocycles. The van der Waals surface area contributed by atoms with E-state index >= 15 is 4.39 Å². The lowest BCUT2D eigenvalue weighted by atomic mass is 9.94. The van der Waals surface area contributed by atoms with Crippen LogP contribution in [0.1, 0.15) is 0 Å². The number of nitro groups is 1. The Kier molecular flexibility index (Phi) is 5.43. The van der Waals surface area contributed by atoms with Gasteiger partial charge in [0.25, 0.3) is 11.3 Å². The zero-order valence-electron chi connectivity index (χ0n) is 16.5. The topological polar surface area (TPSA) is 127 Å². The van der Waals surface area contributed by atoms with Gasteiger partial charge in [0.15, 0.2) is 5.78 Å². The van der Waals surface area contributed by atoms with E-state index < -0.39 is 56.7 Å². The van der Waals surface area contributed by atoms with Crippen LogP contribution in [0.25, 0.3) is 11.1 Å². The molecule has 0 aliphatic carbocycles. The van der Waals surface area contributed by atoms with Crippen molar-refractivity contribution in [1.82, 2.24) is 0 Å². The van der Waals surface area contributed by atoms with Gasteiger partial charge in [-0.2, -0.15) is 0 Å². The fourth-order valence-corrected chi connectivity index (χ4v) is 4.97. The molecular formula is C21H15FN2O7S. The molecule has 11 heteroatoms. The lowest BCUT2D eigenvalue weighted by molar-refractivity contribution is -0.484.